The van der Waals surface area contributed by atoms with Gasteiger partial charge in [-0.25, -0.2) is 4.98 Å². The van der Waals surface area contributed by atoms with Crippen molar-refractivity contribution in [3.63, 3.8) is 0 Å². The molecule has 0 bridgehead atoms. The molecule has 3 aromatic rings. The molecule has 0 N–H and O–H groups in total. The number of nitrogens with zero attached hydrogens (tertiary/aromatic N) is 2. The molecule has 0 radical (unpaired) electrons. The van der Waals surface area contributed by atoms with Crippen LogP contribution in [-0.2, 0) is 16.0 Å². The van der Waals surface area contributed by atoms with Crippen molar-refractivity contribution in [2.24, 2.45) is 0 Å². The monoisotopic (exact) mass is 378 g/mol. The number of imidazole rings is 1. The summed E-state index contributed by atoms with van der Waals surface area (Å²) in [5.74, 6) is 0. The van der Waals surface area contributed by atoms with Crippen LogP contribution < -0.4 is 0 Å². The van der Waals surface area contributed by atoms with Crippen molar-refractivity contribution in [1.29, 1.82) is 0 Å². The van der Waals surface area contributed by atoms with Crippen LogP contribution in [0.15, 0.2) is 67.0 Å². The third-order valence-corrected chi connectivity index (χ3v) is 4.64. The third-order valence-electron chi connectivity index (χ3n) is 4.64. The number of aryl methyl sites for hydroxylation is 1. The van der Waals surface area contributed by atoms with Crippen LogP contribution in [0.3, 0.4) is 0 Å². The van der Waals surface area contributed by atoms with Gasteiger partial charge < -0.3 is 14.0 Å². The first kappa shape index (κ1) is 20.3. The van der Waals surface area contributed by atoms with Crippen molar-refractivity contribution < 1.29 is 9.47 Å². The lowest BCUT2D eigenvalue weighted by Crippen LogP contribution is -2.03. The molecule has 0 spiro atoms. The predicted molar refractivity (Wildman–Crippen MR) is 114 cm³/mol. The maximum Gasteiger partial charge on any atom is 0.146 e. The van der Waals surface area contributed by atoms with E-state index in [0.717, 1.165) is 56.7 Å². The van der Waals surface area contributed by atoms with E-state index in [-0.39, 0.29) is 0 Å². The van der Waals surface area contributed by atoms with Gasteiger partial charge in [0.15, 0.2) is 0 Å². The predicted octanol–water partition coefficient (Wildman–Crippen LogP) is 5.79. The number of aromatic nitrogens is 2. The average Bonchev–Trinajstić information content (AvgIpc) is 3.18. The zero-order valence-electron chi connectivity index (χ0n) is 16.7. The van der Waals surface area contributed by atoms with E-state index in [4.69, 9.17) is 14.5 Å². The van der Waals surface area contributed by atoms with Gasteiger partial charge in [-0.15, -0.1) is 0 Å². The molecule has 0 aliphatic carbocycles. The number of rotatable bonds is 12. The van der Waals surface area contributed by atoms with Gasteiger partial charge in [0.25, 0.3) is 0 Å². The Morgan fingerprint density at radius 1 is 0.786 bits per heavy atom. The van der Waals surface area contributed by atoms with Crippen LogP contribution in [0.2, 0.25) is 0 Å². The maximum absolute atomic E-state index is 5.50. The number of benzene rings is 2. The van der Waals surface area contributed by atoms with Crippen molar-refractivity contribution >= 4 is 0 Å². The lowest BCUT2D eigenvalue weighted by molar-refractivity contribution is -0.0543. The van der Waals surface area contributed by atoms with Crippen molar-refractivity contribution in [2.75, 3.05) is 20.0 Å². The Labute approximate surface area is 168 Å². The van der Waals surface area contributed by atoms with Crippen molar-refractivity contribution in [2.45, 2.75) is 39.2 Å². The highest BCUT2D eigenvalue weighted by Crippen LogP contribution is 2.31. The summed E-state index contributed by atoms with van der Waals surface area (Å²) >= 11 is 0. The molecule has 3 rings (SSSR count). The number of unbranched alkanes of at least 4 members (excludes halogenated alkanes) is 2. The Bertz CT molecular complexity index is 800. The van der Waals surface area contributed by atoms with Crippen LogP contribution in [0.5, 0.6) is 0 Å². The molecule has 0 unspecified atom stereocenters. The quantitative estimate of drug-likeness (QED) is 0.296. The minimum absolute atomic E-state index is 0.411. The summed E-state index contributed by atoms with van der Waals surface area (Å²) in [5, 5.41) is 0. The Kier molecular flexibility index (Phi) is 8.28. The van der Waals surface area contributed by atoms with E-state index < -0.39 is 0 Å². The van der Waals surface area contributed by atoms with Crippen LogP contribution >= 0.6 is 0 Å². The highest BCUT2D eigenvalue weighted by Gasteiger charge is 2.14. The second-order valence-corrected chi connectivity index (χ2v) is 6.86. The lowest BCUT2D eigenvalue weighted by atomic mass is 10.0. The van der Waals surface area contributed by atoms with Gasteiger partial charge in [-0.1, -0.05) is 67.6 Å². The van der Waals surface area contributed by atoms with Crippen molar-refractivity contribution in [3.8, 4) is 22.5 Å². The molecule has 0 saturated carbocycles. The van der Waals surface area contributed by atoms with Crippen LogP contribution in [0.1, 0.15) is 32.6 Å². The second-order valence-electron chi connectivity index (χ2n) is 6.86. The van der Waals surface area contributed by atoms with Crippen LogP contribution in [0.4, 0.5) is 0 Å². The molecule has 28 heavy (non-hydrogen) atoms. The Morgan fingerprint density at radius 3 is 2.18 bits per heavy atom. The number of hydrogen-bond acceptors (Lipinski definition) is 3. The molecule has 0 aliphatic rings. The Balaban J connectivity index is 1.60. The molecule has 0 amide bonds. The first-order valence-electron chi connectivity index (χ1n) is 10.2. The van der Waals surface area contributed by atoms with Gasteiger partial charge in [0, 0.05) is 30.9 Å². The molecule has 1 heterocycles. The molecule has 0 aliphatic heterocycles. The summed E-state index contributed by atoms with van der Waals surface area (Å²) in [6, 6.07) is 20.9. The summed E-state index contributed by atoms with van der Waals surface area (Å²) in [4.78, 5) is 4.74. The number of hydrogen-bond donors (Lipinski definition) is 0. The van der Waals surface area contributed by atoms with Gasteiger partial charge in [0.2, 0.25) is 0 Å². The SMILES string of the molecule is CCCOCOCCCCCn1cnc(-c2ccccc2)c1-c1ccccc1. The van der Waals surface area contributed by atoms with Gasteiger partial charge in [-0.05, 0) is 25.7 Å². The van der Waals surface area contributed by atoms with Gasteiger partial charge in [-0.2, -0.15) is 0 Å². The zero-order valence-corrected chi connectivity index (χ0v) is 16.7. The van der Waals surface area contributed by atoms with Gasteiger partial charge in [0.05, 0.1) is 17.7 Å². The zero-order chi connectivity index (χ0) is 19.4. The lowest BCUT2D eigenvalue weighted by Gasteiger charge is -2.11. The van der Waals surface area contributed by atoms with Crippen LogP contribution in [0, 0.1) is 0 Å². The van der Waals surface area contributed by atoms with Gasteiger partial charge in [0.1, 0.15) is 6.79 Å². The fourth-order valence-electron chi connectivity index (χ4n) is 3.24. The molecule has 4 heteroatoms. The Morgan fingerprint density at radius 2 is 1.46 bits per heavy atom. The topological polar surface area (TPSA) is 36.3 Å². The van der Waals surface area contributed by atoms with E-state index in [1.807, 2.05) is 12.4 Å². The molecular weight excluding hydrogens is 348 g/mol. The van der Waals surface area contributed by atoms with Crippen molar-refractivity contribution in [1.82, 2.24) is 9.55 Å². The molecular formula is C24H30N2O2. The van der Waals surface area contributed by atoms with E-state index in [2.05, 4.69) is 66.1 Å². The van der Waals surface area contributed by atoms with E-state index in [1.165, 1.54) is 11.3 Å². The number of ether oxygens (including phenoxy) is 2. The molecule has 0 fully saturated rings. The second kappa shape index (κ2) is 11.4. The minimum Gasteiger partial charge on any atom is -0.355 e. The summed E-state index contributed by atoms with van der Waals surface area (Å²) in [5.41, 5.74) is 4.59. The maximum atomic E-state index is 5.50. The van der Waals surface area contributed by atoms with Crippen LogP contribution in [0.25, 0.3) is 22.5 Å². The largest absolute Gasteiger partial charge is 0.355 e. The van der Waals surface area contributed by atoms with E-state index in [9.17, 15) is 0 Å². The van der Waals surface area contributed by atoms with E-state index >= 15 is 0 Å². The standard InChI is InChI=1S/C24H30N2O2/c1-2-17-27-20-28-18-11-5-10-16-26-19-25-23(21-12-6-3-7-13-21)24(26)22-14-8-4-9-15-22/h3-4,6-9,12-15,19H,2,5,10-11,16-18,20H2,1H3. The molecule has 2 aromatic carbocycles. The summed E-state index contributed by atoms with van der Waals surface area (Å²) in [7, 11) is 0. The molecule has 1 aromatic heterocycles. The first-order chi connectivity index (χ1) is 13.9. The molecule has 0 atom stereocenters. The van der Waals surface area contributed by atoms with Gasteiger partial charge >= 0.3 is 0 Å². The van der Waals surface area contributed by atoms with E-state index in [0.29, 0.717) is 6.79 Å². The van der Waals surface area contributed by atoms with Gasteiger partial charge in [-0.3, -0.25) is 0 Å². The fourth-order valence-corrected chi connectivity index (χ4v) is 3.24. The summed E-state index contributed by atoms with van der Waals surface area (Å²) < 4.78 is 13.1. The molecule has 148 valence electrons. The Hall–Kier alpha value is -2.43. The van der Waals surface area contributed by atoms with E-state index in [1.54, 1.807) is 0 Å². The summed E-state index contributed by atoms with van der Waals surface area (Å²) in [6.07, 6.45) is 6.28. The minimum atomic E-state index is 0.411. The smallest absolute Gasteiger partial charge is 0.146 e. The molecule has 4 nitrogen and oxygen atoms in total. The first-order valence-corrected chi connectivity index (χ1v) is 10.2. The molecule has 0 saturated heterocycles. The summed E-state index contributed by atoms with van der Waals surface area (Å²) in [6.45, 7) is 4.99. The van der Waals surface area contributed by atoms with Crippen molar-refractivity contribution in [3.05, 3.63) is 67.0 Å². The average molecular weight is 379 g/mol. The fraction of sp³-hybridized carbons (Fsp3) is 0.375. The van der Waals surface area contributed by atoms with Crippen LogP contribution in [-0.4, -0.2) is 29.6 Å². The third kappa shape index (κ3) is 5.78. The highest BCUT2D eigenvalue weighted by atomic mass is 16.7. The highest BCUT2D eigenvalue weighted by molar-refractivity contribution is 5.78. The normalized spacial score (nSPS) is 11.0.